The molecular formula is C12H12ClFN4O2. The third-order valence-electron chi connectivity index (χ3n) is 2.56. The van der Waals surface area contributed by atoms with Gasteiger partial charge in [0.05, 0.1) is 24.9 Å². The summed E-state index contributed by atoms with van der Waals surface area (Å²) in [6.45, 7) is 0. The zero-order valence-corrected chi connectivity index (χ0v) is 11.6. The number of methoxy groups -OCH3 is 2. The van der Waals surface area contributed by atoms with Crippen LogP contribution in [0.2, 0.25) is 5.02 Å². The van der Waals surface area contributed by atoms with E-state index in [9.17, 15) is 4.39 Å². The Morgan fingerprint density at radius 2 is 1.75 bits per heavy atom. The van der Waals surface area contributed by atoms with E-state index in [1.807, 2.05) is 0 Å². The molecule has 1 aromatic heterocycles. The van der Waals surface area contributed by atoms with E-state index in [0.717, 1.165) is 0 Å². The molecule has 0 saturated carbocycles. The maximum atomic E-state index is 14.5. The largest absolute Gasteiger partial charge is 0.467 e. The molecule has 6 nitrogen and oxygen atoms in total. The van der Waals surface area contributed by atoms with Crippen molar-refractivity contribution in [3.05, 3.63) is 34.6 Å². The summed E-state index contributed by atoms with van der Waals surface area (Å²) >= 11 is 5.87. The van der Waals surface area contributed by atoms with Crippen molar-refractivity contribution in [2.75, 3.05) is 20.0 Å². The summed E-state index contributed by atoms with van der Waals surface area (Å²) in [7, 11) is 2.72. The van der Waals surface area contributed by atoms with Crippen molar-refractivity contribution >= 4 is 17.3 Å². The lowest BCUT2D eigenvalue weighted by molar-refractivity contribution is 0.318. The second-order valence-corrected chi connectivity index (χ2v) is 4.18. The minimum Gasteiger partial charge on any atom is -0.467 e. The number of aromatic nitrogens is 3. The van der Waals surface area contributed by atoms with E-state index in [0.29, 0.717) is 0 Å². The van der Waals surface area contributed by atoms with Crippen LogP contribution >= 0.6 is 11.6 Å². The van der Waals surface area contributed by atoms with Crippen LogP contribution in [-0.4, -0.2) is 29.2 Å². The number of rotatable bonds is 4. The van der Waals surface area contributed by atoms with E-state index in [1.54, 1.807) is 12.1 Å². The van der Waals surface area contributed by atoms with Gasteiger partial charge >= 0.3 is 12.0 Å². The van der Waals surface area contributed by atoms with Gasteiger partial charge in [0.2, 0.25) is 0 Å². The van der Waals surface area contributed by atoms with Gasteiger partial charge in [0.1, 0.15) is 0 Å². The lowest BCUT2D eigenvalue weighted by atomic mass is 10.1. The number of hydrogen-bond donors (Lipinski definition) is 1. The molecule has 1 aromatic carbocycles. The average molecular weight is 299 g/mol. The van der Waals surface area contributed by atoms with Crippen molar-refractivity contribution in [2.45, 2.75) is 6.17 Å². The number of benzene rings is 1. The third-order valence-corrected chi connectivity index (χ3v) is 2.89. The van der Waals surface area contributed by atoms with Crippen LogP contribution in [0.4, 0.5) is 10.1 Å². The Hall–Kier alpha value is -2.15. The van der Waals surface area contributed by atoms with Crippen LogP contribution in [0.5, 0.6) is 12.0 Å². The second kappa shape index (κ2) is 5.87. The Labute approximate surface area is 119 Å². The molecule has 0 aliphatic carbocycles. The minimum atomic E-state index is -1.67. The first-order chi connectivity index (χ1) is 9.56. The van der Waals surface area contributed by atoms with Crippen LogP contribution < -0.4 is 15.2 Å². The van der Waals surface area contributed by atoms with Gasteiger partial charge in [-0.25, -0.2) is 4.39 Å². The van der Waals surface area contributed by atoms with Gasteiger partial charge in [0.15, 0.2) is 12.0 Å². The van der Waals surface area contributed by atoms with Crippen LogP contribution in [0.25, 0.3) is 0 Å². The molecule has 2 N–H and O–H groups in total. The average Bonchev–Trinajstić information content (AvgIpc) is 2.48. The molecule has 8 heteroatoms. The molecule has 2 aromatic rings. The Kier molecular flexibility index (Phi) is 4.19. The van der Waals surface area contributed by atoms with Crippen molar-refractivity contribution < 1.29 is 13.9 Å². The maximum absolute atomic E-state index is 14.5. The van der Waals surface area contributed by atoms with Crippen molar-refractivity contribution in [1.29, 1.82) is 0 Å². The standard InChI is InChI=1S/C12H12ClFN4O2/c1-19-11-16-10(17-12(18-11)20-2)8(14)6-4-3-5-7(13)9(6)15/h3-5,8H,15H2,1-2H3. The highest BCUT2D eigenvalue weighted by Gasteiger charge is 2.22. The van der Waals surface area contributed by atoms with Gasteiger partial charge in [0, 0.05) is 5.56 Å². The number of anilines is 1. The molecular weight excluding hydrogens is 287 g/mol. The molecule has 106 valence electrons. The molecule has 0 radical (unpaired) electrons. The molecule has 2 rings (SSSR count). The minimum absolute atomic E-state index is 0.0462. The highest BCUT2D eigenvalue weighted by atomic mass is 35.5. The number of hydrogen-bond acceptors (Lipinski definition) is 6. The fraction of sp³-hybridized carbons (Fsp3) is 0.250. The second-order valence-electron chi connectivity index (χ2n) is 3.77. The number of ether oxygens (including phenoxy) is 2. The van der Waals surface area contributed by atoms with Gasteiger partial charge in [0.25, 0.3) is 0 Å². The van der Waals surface area contributed by atoms with Crippen molar-refractivity contribution in [1.82, 2.24) is 15.0 Å². The molecule has 20 heavy (non-hydrogen) atoms. The van der Waals surface area contributed by atoms with Gasteiger partial charge in [-0.3, -0.25) is 0 Å². The zero-order valence-electron chi connectivity index (χ0n) is 10.8. The van der Waals surface area contributed by atoms with Crippen LogP contribution in [-0.2, 0) is 0 Å². The predicted molar refractivity (Wildman–Crippen MR) is 71.7 cm³/mol. The van der Waals surface area contributed by atoms with E-state index >= 15 is 0 Å². The number of nitrogen functional groups attached to an aromatic ring is 1. The number of nitrogens with zero attached hydrogens (tertiary/aromatic N) is 3. The molecule has 1 unspecified atom stereocenters. The van der Waals surface area contributed by atoms with Gasteiger partial charge in [-0.05, 0) is 6.07 Å². The number of nitrogens with two attached hydrogens (primary N) is 1. The lowest BCUT2D eigenvalue weighted by Gasteiger charge is -2.12. The molecule has 0 spiro atoms. The summed E-state index contributed by atoms with van der Waals surface area (Å²) in [6, 6.07) is 4.58. The summed E-state index contributed by atoms with van der Waals surface area (Å²) in [4.78, 5) is 11.5. The fourth-order valence-electron chi connectivity index (χ4n) is 1.56. The highest BCUT2D eigenvalue weighted by molar-refractivity contribution is 6.33. The first-order valence-corrected chi connectivity index (χ1v) is 5.96. The van der Waals surface area contributed by atoms with E-state index in [1.165, 1.54) is 20.3 Å². The molecule has 0 bridgehead atoms. The van der Waals surface area contributed by atoms with Gasteiger partial charge in [-0.1, -0.05) is 23.7 Å². The molecule has 0 aliphatic heterocycles. The van der Waals surface area contributed by atoms with Crippen LogP contribution in [0.1, 0.15) is 17.6 Å². The van der Waals surface area contributed by atoms with Crippen molar-refractivity contribution in [3.8, 4) is 12.0 Å². The monoisotopic (exact) mass is 298 g/mol. The first-order valence-electron chi connectivity index (χ1n) is 5.58. The van der Waals surface area contributed by atoms with Crippen molar-refractivity contribution in [2.24, 2.45) is 0 Å². The lowest BCUT2D eigenvalue weighted by Crippen LogP contribution is -2.08. The quantitative estimate of drug-likeness (QED) is 0.871. The van der Waals surface area contributed by atoms with Crippen molar-refractivity contribution in [3.63, 3.8) is 0 Å². The van der Waals surface area contributed by atoms with E-state index < -0.39 is 6.17 Å². The van der Waals surface area contributed by atoms with Gasteiger partial charge < -0.3 is 15.2 Å². The number of para-hydroxylation sites is 1. The van der Waals surface area contributed by atoms with Crippen LogP contribution in [0, 0.1) is 0 Å². The topological polar surface area (TPSA) is 83.2 Å². The summed E-state index contributed by atoms with van der Waals surface area (Å²) in [5.41, 5.74) is 6.07. The molecule has 0 amide bonds. The van der Waals surface area contributed by atoms with Crippen LogP contribution in [0.3, 0.4) is 0 Å². The highest BCUT2D eigenvalue weighted by Crippen LogP contribution is 2.33. The number of halogens is 2. The van der Waals surface area contributed by atoms with Crippen LogP contribution in [0.15, 0.2) is 18.2 Å². The zero-order chi connectivity index (χ0) is 14.7. The fourth-order valence-corrected chi connectivity index (χ4v) is 1.74. The normalized spacial score (nSPS) is 12.0. The van der Waals surface area contributed by atoms with Gasteiger partial charge in [-0.15, -0.1) is 4.98 Å². The summed E-state index contributed by atoms with van der Waals surface area (Å²) in [5, 5.41) is 0.262. The Morgan fingerprint density at radius 1 is 1.15 bits per heavy atom. The molecule has 0 fully saturated rings. The Bertz CT molecular complexity index is 604. The predicted octanol–water partition coefficient (Wildman–Crippen LogP) is 2.18. The molecule has 0 saturated heterocycles. The number of alkyl halides is 1. The van der Waals surface area contributed by atoms with E-state index in [2.05, 4.69) is 15.0 Å². The SMILES string of the molecule is COc1nc(OC)nc(C(F)c2cccc(Cl)c2N)n1. The van der Waals surface area contributed by atoms with E-state index in [4.69, 9.17) is 26.8 Å². The summed E-state index contributed by atoms with van der Waals surface area (Å²) in [6.07, 6.45) is -1.67. The Morgan fingerprint density at radius 3 is 2.30 bits per heavy atom. The van der Waals surface area contributed by atoms with E-state index in [-0.39, 0.29) is 34.1 Å². The summed E-state index contributed by atoms with van der Waals surface area (Å²) in [5.74, 6) is -0.164. The third kappa shape index (κ3) is 2.72. The molecule has 1 atom stereocenters. The smallest absolute Gasteiger partial charge is 0.322 e. The summed E-state index contributed by atoms with van der Waals surface area (Å²) < 4.78 is 24.3. The molecule has 1 heterocycles. The first kappa shape index (κ1) is 14.3. The van der Waals surface area contributed by atoms with Gasteiger partial charge in [-0.2, -0.15) is 9.97 Å². The molecule has 0 aliphatic rings. The Balaban J connectivity index is 2.47. The maximum Gasteiger partial charge on any atom is 0.322 e.